The molecule has 0 unspecified atom stereocenters. The third-order valence-electron chi connectivity index (χ3n) is 7.43. The molecule has 1 aromatic carbocycles. The second-order valence-electron chi connectivity index (χ2n) is 10.2. The first kappa shape index (κ1) is 25.0. The number of nitrogens with zero attached hydrogens (tertiary/aromatic N) is 3. The zero-order chi connectivity index (χ0) is 25.1. The van der Waals surface area contributed by atoms with Crippen LogP contribution in [-0.2, 0) is 20.3 Å². The zero-order valence-electron chi connectivity index (χ0n) is 20.8. The Morgan fingerprint density at radius 2 is 1.83 bits per heavy atom. The molecule has 36 heavy (non-hydrogen) atoms. The first-order valence-electron chi connectivity index (χ1n) is 13.0. The minimum atomic E-state index is -3.29. The van der Waals surface area contributed by atoms with Crippen molar-refractivity contribution in [1.82, 2.24) is 15.3 Å². The minimum Gasteiger partial charge on any atom is -0.377 e. The summed E-state index contributed by atoms with van der Waals surface area (Å²) in [5.41, 5.74) is 1.96. The maximum atomic E-state index is 13.1. The molecule has 2 aromatic rings. The van der Waals surface area contributed by atoms with Crippen molar-refractivity contribution >= 4 is 27.4 Å². The molecule has 3 fully saturated rings. The van der Waals surface area contributed by atoms with Gasteiger partial charge in [0.2, 0.25) is 0 Å². The summed E-state index contributed by atoms with van der Waals surface area (Å²) in [5.74, 6) is 1.11. The molecular weight excluding hydrogens is 478 g/mol. The summed E-state index contributed by atoms with van der Waals surface area (Å²) in [6.07, 6.45) is 6.61. The zero-order valence-corrected chi connectivity index (χ0v) is 21.6. The number of sulfone groups is 1. The number of morpholine rings is 1. The Kier molecular flexibility index (Phi) is 7.43. The Balaban J connectivity index is 1.39. The highest BCUT2D eigenvalue weighted by Crippen LogP contribution is 2.29. The molecule has 2 saturated carbocycles. The third-order valence-corrected chi connectivity index (χ3v) is 9.61. The van der Waals surface area contributed by atoms with E-state index in [1.54, 1.807) is 0 Å². The molecule has 0 spiro atoms. The summed E-state index contributed by atoms with van der Waals surface area (Å²) < 4.78 is 31.8. The molecule has 2 N–H and O–H groups in total. The van der Waals surface area contributed by atoms with Crippen LogP contribution in [0.2, 0.25) is 0 Å². The largest absolute Gasteiger partial charge is 0.377 e. The van der Waals surface area contributed by atoms with E-state index < -0.39 is 9.84 Å². The monoisotopic (exact) mass is 513 g/mol. The molecule has 2 amide bonds. The summed E-state index contributed by atoms with van der Waals surface area (Å²) in [4.78, 5) is 23.8. The van der Waals surface area contributed by atoms with Crippen molar-refractivity contribution in [3.8, 4) is 11.4 Å². The van der Waals surface area contributed by atoms with Crippen molar-refractivity contribution < 1.29 is 17.9 Å². The summed E-state index contributed by atoms with van der Waals surface area (Å²) >= 11 is 0. The van der Waals surface area contributed by atoms with Gasteiger partial charge in [0.15, 0.2) is 15.7 Å². The molecule has 2 heterocycles. The lowest BCUT2D eigenvalue weighted by atomic mass is 9.93. The number of aromatic nitrogens is 2. The minimum absolute atomic E-state index is 0.0834. The van der Waals surface area contributed by atoms with E-state index in [0.717, 1.165) is 56.3 Å². The lowest BCUT2D eigenvalue weighted by molar-refractivity contribution is 0.0985. The van der Waals surface area contributed by atoms with Gasteiger partial charge in [-0.3, -0.25) is 0 Å². The lowest BCUT2D eigenvalue weighted by Gasteiger charge is -2.34. The van der Waals surface area contributed by atoms with Gasteiger partial charge < -0.3 is 20.3 Å². The van der Waals surface area contributed by atoms with E-state index in [9.17, 15) is 13.2 Å². The molecule has 2 aliphatic carbocycles. The van der Waals surface area contributed by atoms with Crippen molar-refractivity contribution in [3.05, 3.63) is 36.0 Å². The molecule has 5 rings (SSSR count). The maximum absolute atomic E-state index is 13.1. The van der Waals surface area contributed by atoms with Crippen LogP contribution < -0.4 is 15.5 Å². The molecule has 1 saturated heterocycles. The van der Waals surface area contributed by atoms with Gasteiger partial charge in [0.1, 0.15) is 5.82 Å². The van der Waals surface area contributed by atoms with E-state index in [0.29, 0.717) is 37.0 Å². The number of hydrogen-bond acceptors (Lipinski definition) is 7. The summed E-state index contributed by atoms with van der Waals surface area (Å²) in [5, 5.41) is 5.55. The highest BCUT2D eigenvalue weighted by molar-refractivity contribution is 7.91. The van der Waals surface area contributed by atoms with Crippen LogP contribution in [0.1, 0.15) is 57.6 Å². The van der Waals surface area contributed by atoms with Gasteiger partial charge in [-0.1, -0.05) is 12.8 Å². The van der Waals surface area contributed by atoms with E-state index >= 15 is 0 Å². The van der Waals surface area contributed by atoms with Crippen molar-refractivity contribution in [1.29, 1.82) is 0 Å². The van der Waals surface area contributed by atoms with Crippen LogP contribution in [0.15, 0.2) is 30.3 Å². The lowest BCUT2D eigenvalue weighted by Crippen LogP contribution is -2.44. The number of benzene rings is 1. The Bertz CT molecular complexity index is 1180. The van der Waals surface area contributed by atoms with E-state index in [1.165, 1.54) is 0 Å². The highest BCUT2D eigenvalue weighted by atomic mass is 32.2. The predicted molar refractivity (Wildman–Crippen MR) is 140 cm³/mol. The Morgan fingerprint density at radius 3 is 2.50 bits per heavy atom. The number of amides is 2. The van der Waals surface area contributed by atoms with Crippen LogP contribution in [0, 0.1) is 0 Å². The molecule has 0 bridgehead atoms. The number of anilines is 2. The first-order chi connectivity index (χ1) is 17.4. The average Bonchev–Trinajstić information content (AvgIpc) is 3.38. The van der Waals surface area contributed by atoms with E-state index in [1.807, 2.05) is 30.3 Å². The topological polar surface area (TPSA) is 114 Å². The normalized spacial score (nSPS) is 21.2. The smallest absolute Gasteiger partial charge is 0.319 e. The predicted octanol–water partition coefficient (Wildman–Crippen LogP) is 3.90. The number of urea groups is 1. The molecule has 0 radical (unpaired) electrons. The van der Waals surface area contributed by atoms with Gasteiger partial charge in [-0.2, -0.15) is 0 Å². The van der Waals surface area contributed by atoms with Crippen molar-refractivity contribution in [2.24, 2.45) is 0 Å². The Labute approximate surface area is 213 Å². The van der Waals surface area contributed by atoms with Gasteiger partial charge in [0.25, 0.3) is 0 Å². The van der Waals surface area contributed by atoms with E-state index in [2.05, 4.69) is 27.4 Å². The molecule has 194 valence electrons. The quantitative estimate of drug-likeness (QED) is 0.577. The van der Waals surface area contributed by atoms with Crippen LogP contribution in [0.3, 0.4) is 0 Å². The number of carbonyl (C=O) groups excluding carboxylic acids is 1. The van der Waals surface area contributed by atoms with Crippen molar-refractivity contribution in [3.63, 3.8) is 0 Å². The fourth-order valence-electron chi connectivity index (χ4n) is 5.08. The second kappa shape index (κ2) is 10.7. The molecule has 1 aliphatic heterocycles. The summed E-state index contributed by atoms with van der Waals surface area (Å²) in [7, 11) is -3.29. The molecule has 9 nitrogen and oxygen atoms in total. The van der Waals surface area contributed by atoms with Gasteiger partial charge in [-0.25, -0.2) is 23.2 Å². The molecule has 10 heteroatoms. The van der Waals surface area contributed by atoms with Crippen LogP contribution in [-0.4, -0.2) is 61.5 Å². The standard InChI is InChI=1S/C26H35N5O4S/c1-18-16-35-14-13-31(18)24-15-22(17-36(33,34)23-7-2-3-8-23)27-25(30-24)19-9-11-21(12-10-19)29-26(32)28-20-5-4-6-20/h9-12,15,18,20,23H,2-8,13-14,16-17H2,1H3,(H2,28,29,32)/t18-/m0/s1. The molecule has 1 aromatic heterocycles. The van der Waals surface area contributed by atoms with Crippen molar-refractivity contribution in [2.75, 3.05) is 30.0 Å². The van der Waals surface area contributed by atoms with Gasteiger partial charge in [0, 0.05) is 29.9 Å². The molecule has 1 atom stereocenters. The highest BCUT2D eigenvalue weighted by Gasteiger charge is 2.30. The van der Waals surface area contributed by atoms with E-state index in [-0.39, 0.29) is 29.1 Å². The third kappa shape index (κ3) is 5.81. The second-order valence-corrected chi connectivity index (χ2v) is 12.5. The van der Waals surface area contributed by atoms with Crippen LogP contribution in [0.4, 0.5) is 16.3 Å². The van der Waals surface area contributed by atoms with Gasteiger partial charge in [0.05, 0.1) is 36.0 Å². The SMILES string of the molecule is C[C@H]1COCCN1c1cc(CS(=O)(=O)C2CCCC2)nc(-c2ccc(NC(=O)NC3CCC3)cc2)n1. The molecule has 3 aliphatic rings. The number of carbonyl (C=O) groups is 1. The van der Waals surface area contributed by atoms with Gasteiger partial charge >= 0.3 is 6.03 Å². The number of nitrogens with one attached hydrogen (secondary N) is 2. The van der Waals surface area contributed by atoms with Gasteiger partial charge in [-0.15, -0.1) is 0 Å². The fourth-order valence-corrected chi connectivity index (χ4v) is 6.93. The van der Waals surface area contributed by atoms with E-state index in [4.69, 9.17) is 9.72 Å². The summed E-state index contributed by atoms with van der Waals surface area (Å²) in [6.45, 7) is 3.96. The first-order valence-corrected chi connectivity index (χ1v) is 14.7. The maximum Gasteiger partial charge on any atom is 0.319 e. The number of hydrogen-bond donors (Lipinski definition) is 2. The Morgan fingerprint density at radius 1 is 1.08 bits per heavy atom. The van der Waals surface area contributed by atoms with Crippen molar-refractivity contribution in [2.45, 2.75) is 75.0 Å². The van der Waals surface area contributed by atoms with Crippen LogP contribution >= 0.6 is 0 Å². The average molecular weight is 514 g/mol. The summed E-state index contributed by atoms with van der Waals surface area (Å²) in [6, 6.07) is 9.36. The number of ether oxygens (including phenoxy) is 1. The Hall–Kier alpha value is -2.72. The number of rotatable bonds is 7. The van der Waals surface area contributed by atoms with Crippen LogP contribution in [0.5, 0.6) is 0 Å². The van der Waals surface area contributed by atoms with Gasteiger partial charge in [-0.05, 0) is 63.3 Å². The fraction of sp³-hybridized carbons (Fsp3) is 0.577. The van der Waals surface area contributed by atoms with Crippen LogP contribution in [0.25, 0.3) is 11.4 Å². The molecular formula is C26H35N5O4S.